The molecule has 2 N–H and O–H groups in total. The van der Waals surface area contributed by atoms with Crippen LogP contribution in [0.4, 0.5) is 5.69 Å². The molecule has 2 amide bonds. The fourth-order valence-electron chi connectivity index (χ4n) is 2.00. The molecule has 0 saturated carbocycles. The molecule has 0 aliphatic carbocycles. The van der Waals surface area contributed by atoms with Crippen molar-refractivity contribution in [2.45, 2.75) is 33.2 Å². The summed E-state index contributed by atoms with van der Waals surface area (Å²) >= 11 is 0. The smallest absolute Gasteiger partial charge is 0.339 e. The molecule has 25 heavy (non-hydrogen) atoms. The van der Waals surface area contributed by atoms with Gasteiger partial charge in [-0.15, -0.1) is 0 Å². The standard InChI is InChI=1S/C16H21N3O6/c1-4-8-17-15(21)11(3)18-14(20)9-25-16(22)12-6-5-7-13(10(12)2)19(23)24/h5-7,11H,4,8-9H2,1-3H3,(H,17,21)(H,18,20)/t11-/m1/s1. The highest BCUT2D eigenvalue weighted by Gasteiger charge is 2.20. The van der Waals surface area contributed by atoms with Gasteiger partial charge >= 0.3 is 5.97 Å². The van der Waals surface area contributed by atoms with Gasteiger partial charge in [-0.25, -0.2) is 4.79 Å². The summed E-state index contributed by atoms with van der Waals surface area (Å²) < 4.78 is 4.86. The minimum Gasteiger partial charge on any atom is -0.452 e. The summed E-state index contributed by atoms with van der Waals surface area (Å²) in [5.41, 5.74) is -0.0407. The van der Waals surface area contributed by atoms with Crippen molar-refractivity contribution < 1.29 is 24.0 Å². The number of carbonyl (C=O) groups excluding carboxylic acids is 3. The first-order valence-electron chi connectivity index (χ1n) is 7.76. The fraction of sp³-hybridized carbons (Fsp3) is 0.438. The number of ether oxygens (including phenoxy) is 1. The van der Waals surface area contributed by atoms with E-state index in [1.165, 1.54) is 32.0 Å². The minimum atomic E-state index is -0.848. The average molecular weight is 351 g/mol. The number of rotatable bonds is 8. The Balaban J connectivity index is 2.59. The Kier molecular flexibility index (Phi) is 7.51. The molecule has 0 bridgehead atoms. The number of amides is 2. The van der Waals surface area contributed by atoms with E-state index >= 15 is 0 Å². The van der Waals surface area contributed by atoms with Crippen LogP contribution in [0.25, 0.3) is 0 Å². The van der Waals surface area contributed by atoms with Crippen LogP contribution in [-0.4, -0.2) is 41.9 Å². The van der Waals surface area contributed by atoms with Crippen LogP contribution in [0.5, 0.6) is 0 Å². The van der Waals surface area contributed by atoms with Crippen molar-refractivity contribution in [2.24, 2.45) is 0 Å². The zero-order valence-corrected chi connectivity index (χ0v) is 14.3. The highest BCUT2D eigenvalue weighted by atomic mass is 16.6. The molecular weight excluding hydrogens is 330 g/mol. The molecule has 0 saturated heterocycles. The van der Waals surface area contributed by atoms with E-state index in [9.17, 15) is 24.5 Å². The van der Waals surface area contributed by atoms with Gasteiger partial charge in [0.1, 0.15) is 6.04 Å². The molecule has 0 heterocycles. The molecule has 0 aliphatic rings. The number of hydrogen-bond donors (Lipinski definition) is 2. The van der Waals surface area contributed by atoms with Gasteiger partial charge in [0.15, 0.2) is 6.61 Å². The molecular formula is C16H21N3O6. The topological polar surface area (TPSA) is 128 Å². The number of nitrogens with zero attached hydrogens (tertiary/aromatic N) is 1. The van der Waals surface area contributed by atoms with Crippen molar-refractivity contribution in [2.75, 3.05) is 13.2 Å². The number of benzene rings is 1. The van der Waals surface area contributed by atoms with E-state index in [0.717, 1.165) is 6.42 Å². The van der Waals surface area contributed by atoms with Crippen LogP contribution in [0.1, 0.15) is 36.2 Å². The summed E-state index contributed by atoms with van der Waals surface area (Å²) in [4.78, 5) is 45.7. The summed E-state index contributed by atoms with van der Waals surface area (Å²) in [6, 6.07) is 3.25. The predicted octanol–water partition coefficient (Wildman–Crippen LogP) is 1.09. The number of esters is 1. The maximum atomic E-state index is 12.0. The maximum Gasteiger partial charge on any atom is 0.339 e. The molecule has 0 unspecified atom stereocenters. The molecule has 9 heteroatoms. The molecule has 0 fully saturated rings. The van der Waals surface area contributed by atoms with Crippen LogP contribution in [0.2, 0.25) is 0 Å². The van der Waals surface area contributed by atoms with Gasteiger partial charge in [-0.3, -0.25) is 19.7 Å². The van der Waals surface area contributed by atoms with E-state index in [2.05, 4.69) is 10.6 Å². The third kappa shape index (κ3) is 5.87. The number of carbonyl (C=O) groups is 3. The van der Waals surface area contributed by atoms with Crippen LogP contribution in [0, 0.1) is 17.0 Å². The van der Waals surface area contributed by atoms with Crippen LogP contribution >= 0.6 is 0 Å². The molecule has 0 aromatic heterocycles. The zero-order valence-electron chi connectivity index (χ0n) is 14.3. The van der Waals surface area contributed by atoms with E-state index in [1.54, 1.807) is 0 Å². The van der Waals surface area contributed by atoms with Crippen molar-refractivity contribution in [3.8, 4) is 0 Å². The quantitative estimate of drug-likeness (QED) is 0.410. The van der Waals surface area contributed by atoms with Crippen molar-refractivity contribution >= 4 is 23.5 Å². The molecule has 136 valence electrons. The third-order valence-corrected chi connectivity index (χ3v) is 3.38. The van der Waals surface area contributed by atoms with Gasteiger partial charge in [0, 0.05) is 18.2 Å². The number of hydrogen-bond acceptors (Lipinski definition) is 6. The Morgan fingerprint density at radius 3 is 2.60 bits per heavy atom. The Labute approximate surface area is 144 Å². The van der Waals surface area contributed by atoms with Crippen LogP contribution < -0.4 is 10.6 Å². The molecule has 1 aromatic rings. The number of nitrogens with one attached hydrogen (secondary N) is 2. The molecule has 1 aromatic carbocycles. The van der Waals surface area contributed by atoms with Gasteiger partial charge in [-0.05, 0) is 26.3 Å². The van der Waals surface area contributed by atoms with Gasteiger partial charge in [0.25, 0.3) is 11.6 Å². The summed E-state index contributed by atoms with van der Waals surface area (Å²) in [6.45, 7) is 4.75. The van der Waals surface area contributed by atoms with Gasteiger partial charge in [0.05, 0.1) is 10.5 Å². The second kappa shape index (κ2) is 9.36. The fourth-order valence-corrected chi connectivity index (χ4v) is 2.00. The molecule has 1 atom stereocenters. The zero-order chi connectivity index (χ0) is 19.0. The Hall–Kier alpha value is -2.97. The first kappa shape index (κ1) is 20.1. The van der Waals surface area contributed by atoms with Crippen LogP contribution in [0.15, 0.2) is 18.2 Å². The van der Waals surface area contributed by atoms with Crippen LogP contribution in [-0.2, 0) is 14.3 Å². The Bertz CT molecular complexity index is 674. The normalized spacial score (nSPS) is 11.3. The monoisotopic (exact) mass is 351 g/mol. The summed E-state index contributed by atoms with van der Waals surface area (Å²) in [5.74, 6) is -1.83. The van der Waals surface area contributed by atoms with Crippen molar-refractivity contribution in [3.05, 3.63) is 39.4 Å². The van der Waals surface area contributed by atoms with E-state index in [4.69, 9.17) is 4.74 Å². The summed E-state index contributed by atoms with van der Waals surface area (Å²) in [5, 5.41) is 15.9. The lowest BCUT2D eigenvalue weighted by molar-refractivity contribution is -0.385. The molecule has 9 nitrogen and oxygen atoms in total. The SMILES string of the molecule is CCCNC(=O)[C@@H](C)NC(=O)COC(=O)c1cccc([N+](=O)[O-])c1C. The molecule has 0 radical (unpaired) electrons. The first-order chi connectivity index (χ1) is 11.8. The van der Waals surface area contributed by atoms with Gasteiger partial charge in [-0.2, -0.15) is 0 Å². The van der Waals surface area contributed by atoms with E-state index in [-0.39, 0.29) is 22.7 Å². The largest absolute Gasteiger partial charge is 0.452 e. The highest BCUT2D eigenvalue weighted by molar-refractivity contribution is 5.94. The Morgan fingerprint density at radius 2 is 2.00 bits per heavy atom. The van der Waals surface area contributed by atoms with E-state index in [0.29, 0.717) is 6.54 Å². The van der Waals surface area contributed by atoms with Gasteiger partial charge in [0.2, 0.25) is 5.91 Å². The second-order valence-corrected chi connectivity index (χ2v) is 5.36. The van der Waals surface area contributed by atoms with E-state index in [1.807, 2.05) is 6.92 Å². The highest BCUT2D eigenvalue weighted by Crippen LogP contribution is 2.21. The van der Waals surface area contributed by atoms with E-state index < -0.39 is 29.4 Å². The maximum absolute atomic E-state index is 12.0. The lowest BCUT2D eigenvalue weighted by atomic mass is 10.1. The van der Waals surface area contributed by atoms with Crippen molar-refractivity contribution in [1.29, 1.82) is 0 Å². The first-order valence-corrected chi connectivity index (χ1v) is 7.76. The number of nitro benzene ring substituents is 1. The summed E-state index contributed by atoms with van der Waals surface area (Å²) in [6.07, 6.45) is 0.770. The van der Waals surface area contributed by atoms with Crippen molar-refractivity contribution in [1.82, 2.24) is 10.6 Å². The Morgan fingerprint density at radius 1 is 1.32 bits per heavy atom. The van der Waals surface area contributed by atoms with Crippen molar-refractivity contribution in [3.63, 3.8) is 0 Å². The third-order valence-electron chi connectivity index (χ3n) is 3.38. The average Bonchev–Trinajstić information content (AvgIpc) is 2.57. The molecule has 0 aliphatic heterocycles. The van der Waals surface area contributed by atoms with Gasteiger partial charge in [-0.1, -0.05) is 13.0 Å². The number of nitro groups is 1. The van der Waals surface area contributed by atoms with Gasteiger partial charge < -0.3 is 15.4 Å². The predicted molar refractivity (Wildman–Crippen MR) is 89.0 cm³/mol. The lowest BCUT2D eigenvalue weighted by Crippen LogP contribution is -2.46. The second-order valence-electron chi connectivity index (χ2n) is 5.36. The minimum absolute atomic E-state index is 0.00994. The summed E-state index contributed by atoms with van der Waals surface area (Å²) in [7, 11) is 0. The molecule has 0 spiro atoms. The lowest BCUT2D eigenvalue weighted by Gasteiger charge is -2.14. The van der Waals surface area contributed by atoms with Crippen LogP contribution in [0.3, 0.4) is 0 Å². The molecule has 1 rings (SSSR count).